The molecule has 0 saturated heterocycles. The van der Waals surface area contributed by atoms with E-state index in [4.69, 9.17) is 5.73 Å². The van der Waals surface area contributed by atoms with Crippen molar-refractivity contribution in [2.45, 2.75) is 38.0 Å². The molecule has 0 unspecified atom stereocenters. The van der Waals surface area contributed by atoms with E-state index in [0.29, 0.717) is 17.6 Å². The minimum atomic E-state index is 0.505. The summed E-state index contributed by atoms with van der Waals surface area (Å²) in [7, 11) is 0. The second-order valence-electron chi connectivity index (χ2n) is 5.11. The predicted molar refractivity (Wildman–Crippen MR) is 75.5 cm³/mol. The highest BCUT2D eigenvalue weighted by Gasteiger charge is 2.17. The van der Waals surface area contributed by atoms with E-state index in [1.165, 1.54) is 37.7 Å². The maximum atomic E-state index is 5.96. The molecule has 0 bridgehead atoms. The van der Waals surface area contributed by atoms with Crippen LogP contribution in [0, 0.1) is 0 Å². The largest absolute Gasteiger partial charge is 0.383 e. The molecule has 0 aromatic carbocycles. The fourth-order valence-electron chi connectivity index (χ4n) is 2.77. The topological polar surface area (TPSA) is 64.7 Å². The van der Waals surface area contributed by atoms with E-state index in [1.807, 2.05) is 6.20 Å². The third-order valence-corrected chi connectivity index (χ3v) is 3.82. The average molecular weight is 254 g/mol. The van der Waals surface area contributed by atoms with Crippen LogP contribution in [-0.4, -0.2) is 15.0 Å². The fourth-order valence-corrected chi connectivity index (χ4v) is 2.77. The lowest BCUT2D eigenvalue weighted by Gasteiger charge is -2.22. The van der Waals surface area contributed by atoms with Crippen LogP contribution in [0.1, 0.15) is 43.6 Å². The molecule has 2 heterocycles. The normalized spacial score (nSPS) is 16.4. The smallest absolute Gasteiger partial charge is 0.162 e. The summed E-state index contributed by atoms with van der Waals surface area (Å²) in [6.07, 6.45) is 11.9. The van der Waals surface area contributed by atoms with Crippen molar-refractivity contribution in [1.29, 1.82) is 0 Å². The Bertz CT molecular complexity index is 547. The summed E-state index contributed by atoms with van der Waals surface area (Å²) in [5.74, 6) is 1.78. The van der Waals surface area contributed by atoms with Crippen LogP contribution in [0.3, 0.4) is 0 Å². The van der Waals surface area contributed by atoms with E-state index in [1.54, 1.807) is 18.5 Å². The first kappa shape index (κ1) is 12.1. The van der Waals surface area contributed by atoms with Gasteiger partial charge in [0.25, 0.3) is 0 Å². The summed E-state index contributed by atoms with van der Waals surface area (Å²) < 4.78 is 0. The predicted octanol–water partition coefficient (Wildman–Crippen LogP) is 3.17. The zero-order valence-electron chi connectivity index (χ0n) is 10.9. The van der Waals surface area contributed by atoms with E-state index >= 15 is 0 Å². The molecule has 4 heteroatoms. The Morgan fingerprint density at radius 2 is 1.74 bits per heavy atom. The van der Waals surface area contributed by atoms with Crippen LogP contribution in [0.2, 0.25) is 0 Å². The van der Waals surface area contributed by atoms with Crippen LogP contribution in [0.5, 0.6) is 0 Å². The number of hydrogen-bond acceptors (Lipinski definition) is 4. The lowest BCUT2D eigenvalue weighted by molar-refractivity contribution is 0.443. The number of nitrogens with two attached hydrogens (primary N) is 1. The standard InChI is InChI=1S/C15H18N4/c16-14-13(15-17-7-4-8-18-15)9-12(10-19-14)11-5-2-1-3-6-11/h4,7-11H,1-3,5-6H2,(H2,16,19). The molecule has 1 aliphatic carbocycles. The maximum absolute atomic E-state index is 5.96. The Hall–Kier alpha value is -1.97. The van der Waals surface area contributed by atoms with Gasteiger partial charge < -0.3 is 5.73 Å². The molecule has 0 spiro atoms. The van der Waals surface area contributed by atoms with Gasteiger partial charge >= 0.3 is 0 Å². The molecule has 0 atom stereocenters. The first-order valence-corrected chi connectivity index (χ1v) is 6.87. The number of pyridine rings is 1. The lowest BCUT2D eigenvalue weighted by Crippen LogP contribution is -2.06. The second kappa shape index (κ2) is 5.34. The molecular weight excluding hydrogens is 236 g/mol. The second-order valence-corrected chi connectivity index (χ2v) is 5.11. The third-order valence-electron chi connectivity index (χ3n) is 3.82. The quantitative estimate of drug-likeness (QED) is 0.894. The monoisotopic (exact) mass is 254 g/mol. The Labute approximate surface area is 113 Å². The first-order chi connectivity index (χ1) is 9.34. The SMILES string of the molecule is Nc1ncc(C2CCCCC2)cc1-c1ncccn1. The molecule has 0 aliphatic heterocycles. The van der Waals surface area contributed by atoms with Gasteiger partial charge in [0.1, 0.15) is 5.82 Å². The number of nitrogen functional groups attached to an aromatic ring is 1. The van der Waals surface area contributed by atoms with E-state index in [9.17, 15) is 0 Å². The van der Waals surface area contributed by atoms with Crippen LogP contribution < -0.4 is 5.73 Å². The molecule has 1 aliphatic rings. The Morgan fingerprint density at radius 3 is 2.47 bits per heavy atom. The summed E-state index contributed by atoms with van der Waals surface area (Å²) in [6, 6.07) is 3.92. The molecule has 0 radical (unpaired) electrons. The molecule has 4 nitrogen and oxygen atoms in total. The zero-order valence-corrected chi connectivity index (χ0v) is 10.9. The minimum absolute atomic E-state index is 0.505. The maximum Gasteiger partial charge on any atom is 0.162 e. The van der Waals surface area contributed by atoms with E-state index in [0.717, 1.165) is 5.56 Å². The molecule has 19 heavy (non-hydrogen) atoms. The minimum Gasteiger partial charge on any atom is -0.383 e. The van der Waals surface area contributed by atoms with E-state index < -0.39 is 0 Å². The van der Waals surface area contributed by atoms with Gasteiger partial charge in [0.2, 0.25) is 0 Å². The number of rotatable bonds is 2. The van der Waals surface area contributed by atoms with Crippen molar-refractivity contribution < 1.29 is 0 Å². The zero-order chi connectivity index (χ0) is 13.1. The van der Waals surface area contributed by atoms with Gasteiger partial charge in [-0.1, -0.05) is 19.3 Å². The van der Waals surface area contributed by atoms with Crippen LogP contribution in [0.4, 0.5) is 5.82 Å². The summed E-state index contributed by atoms with van der Waals surface area (Å²) >= 11 is 0. The molecule has 2 N–H and O–H groups in total. The molecule has 2 aromatic heterocycles. The molecule has 0 amide bonds. The fraction of sp³-hybridized carbons (Fsp3) is 0.400. The van der Waals surface area contributed by atoms with Gasteiger partial charge in [-0.25, -0.2) is 15.0 Å². The van der Waals surface area contributed by atoms with Gasteiger partial charge in [-0.3, -0.25) is 0 Å². The Kier molecular flexibility index (Phi) is 3.40. The lowest BCUT2D eigenvalue weighted by atomic mass is 9.84. The van der Waals surface area contributed by atoms with Crippen molar-refractivity contribution in [2.24, 2.45) is 0 Å². The van der Waals surface area contributed by atoms with Gasteiger partial charge in [-0.05, 0) is 36.5 Å². The summed E-state index contributed by atoms with van der Waals surface area (Å²) in [6.45, 7) is 0. The Morgan fingerprint density at radius 1 is 1.00 bits per heavy atom. The van der Waals surface area contributed by atoms with Gasteiger partial charge in [-0.2, -0.15) is 0 Å². The van der Waals surface area contributed by atoms with Crippen molar-refractivity contribution in [3.8, 4) is 11.4 Å². The number of aromatic nitrogens is 3. The average Bonchev–Trinajstić information content (AvgIpc) is 2.49. The van der Waals surface area contributed by atoms with Crippen molar-refractivity contribution in [3.63, 3.8) is 0 Å². The van der Waals surface area contributed by atoms with Crippen LogP contribution in [0.15, 0.2) is 30.7 Å². The van der Waals surface area contributed by atoms with Crippen LogP contribution in [0.25, 0.3) is 11.4 Å². The number of anilines is 1. The highest BCUT2D eigenvalue weighted by Crippen LogP contribution is 2.34. The summed E-state index contributed by atoms with van der Waals surface area (Å²) in [5.41, 5.74) is 8.08. The number of nitrogens with zero attached hydrogens (tertiary/aromatic N) is 3. The molecule has 1 saturated carbocycles. The molecule has 3 rings (SSSR count). The molecule has 1 fully saturated rings. The van der Waals surface area contributed by atoms with Crippen LogP contribution in [-0.2, 0) is 0 Å². The van der Waals surface area contributed by atoms with E-state index in [-0.39, 0.29) is 0 Å². The van der Waals surface area contributed by atoms with Gasteiger partial charge in [0.15, 0.2) is 5.82 Å². The first-order valence-electron chi connectivity index (χ1n) is 6.87. The van der Waals surface area contributed by atoms with Crippen molar-refractivity contribution in [2.75, 3.05) is 5.73 Å². The van der Waals surface area contributed by atoms with E-state index in [2.05, 4.69) is 21.0 Å². The number of hydrogen-bond donors (Lipinski definition) is 1. The Balaban J connectivity index is 1.96. The molecule has 2 aromatic rings. The molecular formula is C15H18N4. The summed E-state index contributed by atoms with van der Waals surface area (Å²) in [5, 5.41) is 0. The van der Waals surface area contributed by atoms with Gasteiger partial charge in [0.05, 0.1) is 5.56 Å². The molecule has 98 valence electrons. The van der Waals surface area contributed by atoms with Crippen molar-refractivity contribution in [1.82, 2.24) is 15.0 Å². The van der Waals surface area contributed by atoms with Crippen molar-refractivity contribution >= 4 is 5.82 Å². The van der Waals surface area contributed by atoms with Gasteiger partial charge in [0, 0.05) is 18.6 Å². The highest BCUT2D eigenvalue weighted by atomic mass is 14.9. The van der Waals surface area contributed by atoms with Gasteiger partial charge in [-0.15, -0.1) is 0 Å². The van der Waals surface area contributed by atoms with Crippen molar-refractivity contribution in [3.05, 3.63) is 36.3 Å². The summed E-state index contributed by atoms with van der Waals surface area (Å²) in [4.78, 5) is 12.9. The highest BCUT2D eigenvalue weighted by molar-refractivity contribution is 5.68. The van der Waals surface area contributed by atoms with Crippen LogP contribution >= 0.6 is 0 Å². The third kappa shape index (κ3) is 2.57.